The number of esters is 1. The fourth-order valence-corrected chi connectivity index (χ4v) is 1.70. The van der Waals surface area contributed by atoms with Crippen molar-refractivity contribution >= 4 is 21.9 Å². The van der Waals surface area contributed by atoms with E-state index in [4.69, 9.17) is 5.11 Å². The van der Waals surface area contributed by atoms with E-state index in [9.17, 15) is 4.79 Å². The summed E-state index contributed by atoms with van der Waals surface area (Å²) in [6, 6.07) is 5.27. The van der Waals surface area contributed by atoms with Gasteiger partial charge in [0.25, 0.3) is 0 Å². The van der Waals surface area contributed by atoms with Gasteiger partial charge in [0, 0.05) is 11.1 Å². The molecule has 0 aliphatic heterocycles. The minimum atomic E-state index is -0.370. The largest absolute Gasteiger partial charge is 0.465 e. The number of ether oxygens (including phenoxy) is 1. The molecule has 1 N–H and O–H groups in total. The Hall–Kier alpha value is -0.870. The molecule has 0 aliphatic rings. The Kier molecular flexibility index (Phi) is 4.10. The highest BCUT2D eigenvalue weighted by molar-refractivity contribution is 9.10. The van der Waals surface area contributed by atoms with Gasteiger partial charge in [-0.1, -0.05) is 15.9 Å². The molecule has 1 aromatic carbocycles. The van der Waals surface area contributed by atoms with E-state index in [1.165, 1.54) is 7.11 Å². The van der Waals surface area contributed by atoms with E-state index in [0.29, 0.717) is 12.0 Å². The molecule has 0 atom stereocenters. The fourth-order valence-electron chi connectivity index (χ4n) is 1.16. The molecule has 0 spiro atoms. The maximum absolute atomic E-state index is 11.2. The molecule has 0 saturated heterocycles. The molecular formula is C10H11BrO3. The molecule has 0 amide bonds. The van der Waals surface area contributed by atoms with Crippen molar-refractivity contribution in [1.82, 2.24) is 0 Å². The van der Waals surface area contributed by atoms with E-state index in [2.05, 4.69) is 20.7 Å². The lowest BCUT2D eigenvalue weighted by molar-refractivity contribution is 0.0600. The number of hydrogen-bond donors (Lipinski definition) is 1. The minimum Gasteiger partial charge on any atom is -0.465 e. The Morgan fingerprint density at radius 3 is 2.79 bits per heavy atom. The monoisotopic (exact) mass is 258 g/mol. The first-order valence-electron chi connectivity index (χ1n) is 4.16. The average molecular weight is 259 g/mol. The summed E-state index contributed by atoms with van der Waals surface area (Å²) in [4.78, 5) is 11.2. The first-order valence-corrected chi connectivity index (χ1v) is 4.95. The smallest absolute Gasteiger partial charge is 0.337 e. The SMILES string of the molecule is COC(=O)c1cc(Br)cc(CCO)c1. The first-order chi connectivity index (χ1) is 6.67. The highest BCUT2D eigenvalue weighted by atomic mass is 79.9. The van der Waals surface area contributed by atoms with E-state index < -0.39 is 0 Å². The number of hydrogen-bond acceptors (Lipinski definition) is 3. The molecule has 0 heterocycles. The lowest BCUT2D eigenvalue weighted by Crippen LogP contribution is -2.02. The summed E-state index contributed by atoms with van der Waals surface area (Å²) >= 11 is 3.29. The molecule has 1 rings (SSSR count). The normalized spacial score (nSPS) is 9.93. The van der Waals surface area contributed by atoms with Gasteiger partial charge in [-0.3, -0.25) is 0 Å². The van der Waals surface area contributed by atoms with Crippen molar-refractivity contribution in [3.05, 3.63) is 33.8 Å². The van der Waals surface area contributed by atoms with Crippen LogP contribution < -0.4 is 0 Å². The van der Waals surface area contributed by atoms with Crippen LogP contribution in [0.5, 0.6) is 0 Å². The molecule has 14 heavy (non-hydrogen) atoms. The highest BCUT2D eigenvalue weighted by Gasteiger charge is 2.07. The van der Waals surface area contributed by atoms with Gasteiger partial charge in [0.1, 0.15) is 0 Å². The maximum atomic E-state index is 11.2. The van der Waals surface area contributed by atoms with Crippen molar-refractivity contribution in [3.8, 4) is 0 Å². The summed E-state index contributed by atoms with van der Waals surface area (Å²) in [6.45, 7) is 0.0665. The summed E-state index contributed by atoms with van der Waals surface area (Å²) in [5.74, 6) is -0.370. The predicted octanol–water partition coefficient (Wildman–Crippen LogP) is 1.77. The lowest BCUT2D eigenvalue weighted by atomic mass is 10.1. The van der Waals surface area contributed by atoms with E-state index in [1.807, 2.05) is 6.07 Å². The van der Waals surface area contributed by atoms with Crippen LogP contribution in [0.4, 0.5) is 0 Å². The van der Waals surface area contributed by atoms with Crippen LogP contribution in [0.25, 0.3) is 0 Å². The number of aliphatic hydroxyl groups is 1. The zero-order valence-electron chi connectivity index (χ0n) is 7.79. The zero-order valence-corrected chi connectivity index (χ0v) is 9.37. The lowest BCUT2D eigenvalue weighted by Gasteiger charge is -2.04. The minimum absolute atomic E-state index is 0.0665. The third-order valence-electron chi connectivity index (χ3n) is 1.78. The molecule has 4 heteroatoms. The summed E-state index contributed by atoms with van der Waals surface area (Å²) in [6.07, 6.45) is 0.531. The fraction of sp³-hybridized carbons (Fsp3) is 0.300. The molecule has 0 unspecified atom stereocenters. The molecule has 1 aromatic rings. The van der Waals surface area contributed by atoms with Crippen molar-refractivity contribution in [3.63, 3.8) is 0 Å². The van der Waals surface area contributed by atoms with Gasteiger partial charge in [0.15, 0.2) is 0 Å². The number of halogens is 1. The van der Waals surface area contributed by atoms with Crippen LogP contribution in [0, 0.1) is 0 Å². The van der Waals surface area contributed by atoms with E-state index >= 15 is 0 Å². The number of carbonyl (C=O) groups excluding carboxylic acids is 1. The summed E-state index contributed by atoms with van der Waals surface area (Å²) < 4.78 is 5.41. The Balaban J connectivity index is 3.00. The maximum Gasteiger partial charge on any atom is 0.337 e. The number of methoxy groups -OCH3 is 1. The van der Waals surface area contributed by atoms with E-state index in [-0.39, 0.29) is 12.6 Å². The van der Waals surface area contributed by atoms with Gasteiger partial charge < -0.3 is 9.84 Å². The molecule has 76 valence electrons. The second-order valence-electron chi connectivity index (χ2n) is 2.81. The highest BCUT2D eigenvalue weighted by Crippen LogP contribution is 2.16. The van der Waals surface area contributed by atoms with Crippen LogP contribution >= 0.6 is 15.9 Å². The topological polar surface area (TPSA) is 46.5 Å². The van der Waals surface area contributed by atoms with Crippen molar-refractivity contribution in [1.29, 1.82) is 0 Å². The van der Waals surface area contributed by atoms with Crippen molar-refractivity contribution in [2.45, 2.75) is 6.42 Å². The standard InChI is InChI=1S/C10H11BrO3/c1-14-10(13)8-4-7(2-3-12)5-9(11)6-8/h4-6,12H,2-3H2,1H3. The van der Waals surface area contributed by atoms with Crippen LogP contribution in [0.3, 0.4) is 0 Å². The zero-order chi connectivity index (χ0) is 10.6. The second kappa shape index (κ2) is 5.12. The van der Waals surface area contributed by atoms with Crippen molar-refractivity contribution < 1.29 is 14.6 Å². The summed E-state index contributed by atoms with van der Waals surface area (Å²) in [7, 11) is 1.34. The molecular weight excluding hydrogens is 248 g/mol. The Bertz CT molecular complexity index is 336. The van der Waals surface area contributed by atoms with Crippen molar-refractivity contribution in [2.75, 3.05) is 13.7 Å². The average Bonchev–Trinajstić information content (AvgIpc) is 2.16. The van der Waals surface area contributed by atoms with E-state index in [1.54, 1.807) is 12.1 Å². The number of carbonyl (C=O) groups is 1. The van der Waals surface area contributed by atoms with Crippen LogP contribution in [0.1, 0.15) is 15.9 Å². The Labute approximate surface area is 90.8 Å². The molecule has 3 nitrogen and oxygen atoms in total. The van der Waals surface area contributed by atoms with Gasteiger partial charge in [0.2, 0.25) is 0 Å². The van der Waals surface area contributed by atoms with Crippen LogP contribution in [0.15, 0.2) is 22.7 Å². The number of aliphatic hydroxyl groups excluding tert-OH is 1. The van der Waals surface area contributed by atoms with Gasteiger partial charge >= 0.3 is 5.97 Å². The van der Waals surface area contributed by atoms with Crippen LogP contribution in [0.2, 0.25) is 0 Å². The van der Waals surface area contributed by atoms with Gasteiger partial charge in [0.05, 0.1) is 12.7 Å². The van der Waals surface area contributed by atoms with Gasteiger partial charge in [-0.05, 0) is 30.2 Å². The van der Waals surface area contributed by atoms with Crippen LogP contribution in [-0.4, -0.2) is 24.8 Å². The molecule has 0 radical (unpaired) electrons. The molecule has 0 aromatic heterocycles. The Morgan fingerprint density at radius 2 is 2.21 bits per heavy atom. The van der Waals surface area contributed by atoms with Crippen LogP contribution in [-0.2, 0) is 11.2 Å². The van der Waals surface area contributed by atoms with Crippen molar-refractivity contribution in [2.24, 2.45) is 0 Å². The first kappa shape index (κ1) is 11.2. The quantitative estimate of drug-likeness (QED) is 0.841. The number of benzene rings is 1. The summed E-state index contributed by atoms with van der Waals surface area (Å²) in [5.41, 5.74) is 1.40. The number of rotatable bonds is 3. The Morgan fingerprint density at radius 1 is 1.50 bits per heavy atom. The van der Waals surface area contributed by atoms with E-state index in [0.717, 1.165) is 10.0 Å². The van der Waals surface area contributed by atoms with Gasteiger partial charge in [-0.15, -0.1) is 0 Å². The van der Waals surface area contributed by atoms with Gasteiger partial charge in [-0.25, -0.2) is 4.79 Å². The van der Waals surface area contributed by atoms with Gasteiger partial charge in [-0.2, -0.15) is 0 Å². The molecule has 0 saturated carbocycles. The predicted molar refractivity (Wildman–Crippen MR) is 56.3 cm³/mol. The third kappa shape index (κ3) is 2.82. The third-order valence-corrected chi connectivity index (χ3v) is 2.24. The molecule has 0 aliphatic carbocycles. The second-order valence-corrected chi connectivity index (χ2v) is 3.73. The molecule has 0 bridgehead atoms. The summed E-state index contributed by atoms with van der Waals surface area (Å²) in [5, 5.41) is 8.77. The molecule has 0 fully saturated rings.